The molecule has 35 heavy (non-hydrogen) atoms. The summed E-state index contributed by atoms with van der Waals surface area (Å²) in [4.78, 5) is 31.4. The number of carbonyl (C=O) groups is 2. The quantitative estimate of drug-likeness (QED) is 0.460. The van der Waals surface area contributed by atoms with E-state index in [1.54, 1.807) is 0 Å². The molecule has 0 aromatic heterocycles. The highest BCUT2D eigenvalue weighted by Crippen LogP contribution is 2.30. The van der Waals surface area contributed by atoms with Crippen molar-refractivity contribution in [2.75, 3.05) is 36.8 Å². The van der Waals surface area contributed by atoms with Gasteiger partial charge in [0.15, 0.2) is 0 Å². The monoisotopic (exact) mass is 485 g/mol. The molecule has 2 heterocycles. The lowest BCUT2D eigenvalue weighted by atomic mass is 10.1. The first-order valence-electron chi connectivity index (χ1n) is 12.4. The van der Waals surface area contributed by atoms with Gasteiger partial charge in [-0.1, -0.05) is 60.7 Å². The summed E-state index contributed by atoms with van der Waals surface area (Å²) in [6, 6.07) is 26.3. The Morgan fingerprint density at radius 2 is 1.57 bits per heavy atom. The van der Waals surface area contributed by atoms with Crippen molar-refractivity contribution in [3.8, 4) is 0 Å². The van der Waals surface area contributed by atoms with E-state index in [0.717, 1.165) is 36.6 Å². The van der Waals surface area contributed by atoms with Crippen LogP contribution in [0.15, 0.2) is 83.8 Å². The van der Waals surface area contributed by atoms with Gasteiger partial charge < -0.3 is 10.2 Å². The van der Waals surface area contributed by atoms with E-state index in [4.69, 9.17) is 0 Å². The number of para-hydroxylation sites is 1. The Morgan fingerprint density at radius 3 is 2.40 bits per heavy atom. The number of thioether (sulfide) groups is 1. The zero-order chi connectivity index (χ0) is 24.0. The van der Waals surface area contributed by atoms with Crippen LogP contribution in [-0.2, 0) is 11.2 Å². The van der Waals surface area contributed by atoms with Gasteiger partial charge in [-0.3, -0.25) is 14.5 Å². The highest BCUT2D eigenvalue weighted by atomic mass is 32.2. The maximum absolute atomic E-state index is 13.2. The molecule has 2 amide bonds. The lowest BCUT2D eigenvalue weighted by molar-refractivity contribution is -0.116. The van der Waals surface area contributed by atoms with Crippen LogP contribution in [0.3, 0.4) is 0 Å². The van der Waals surface area contributed by atoms with E-state index in [2.05, 4.69) is 40.5 Å². The van der Waals surface area contributed by atoms with Gasteiger partial charge in [-0.2, -0.15) is 0 Å². The highest BCUT2D eigenvalue weighted by Gasteiger charge is 2.26. The Labute approximate surface area is 211 Å². The maximum atomic E-state index is 13.2. The second-order valence-electron chi connectivity index (χ2n) is 9.09. The van der Waals surface area contributed by atoms with Crippen molar-refractivity contribution in [2.24, 2.45) is 0 Å². The number of nitrogens with one attached hydrogen (secondary N) is 1. The summed E-state index contributed by atoms with van der Waals surface area (Å²) in [5, 5.41) is 3.18. The van der Waals surface area contributed by atoms with Crippen LogP contribution in [0.5, 0.6) is 0 Å². The number of fused-ring (bicyclic) bond motifs is 1. The van der Waals surface area contributed by atoms with Crippen molar-refractivity contribution in [1.29, 1.82) is 0 Å². The van der Waals surface area contributed by atoms with Crippen LogP contribution in [0.2, 0.25) is 0 Å². The molecule has 5 rings (SSSR count). The Hall–Kier alpha value is -3.09. The number of anilines is 1. The molecule has 3 aromatic carbocycles. The minimum Gasteiger partial charge on any atom is -0.350 e. The number of hydrogen-bond donors (Lipinski definition) is 1. The van der Waals surface area contributed by atoms with E-state index < -0.39 is 0 Å². The molecule has 3 aromatic rings. The summed E-state index contributed by atoms with van der Waals surface area (Å²) in [7, 11) is 0. The number of carbonyl (C=O) groups excluding carboxylic acids is 2. The molecule has 1 unspecified atom stereocenters. The van der Waals surface area contributed by atoms with Gasteiger partial charge in [-0.15, -0.1) is 11.8 Å². The Morgan fingerprint density at radius 1 is 0.857 bits per heavy atom. The molecular weight excluding hydrogens is 454 g/mol. The third-order valence-corrected chi connectivity index (χ3v) is 7.95. The Kier molecular flexibility index (Phi) is 7.50. The molecule has 2 aliphatic rings. The van der Waals surface area contributed by atoms with Crippen LogP contribution in [0.25, 0.3) is 0 Å². The maximum Gasteiger partial charge on any atom is 0.252 e. The van der Waals surface area contributed by atoms with Crippen LogP contribution in [0.1, 0.15) is 40.4 Å². The average molecular weight is 486 g/mol. The van der Waals surface area contributed by atoms with Gasteiger partial charge in [-0.25, -0.2) is 0 Å². The smallest absolute Gasteiger partial charge is 0.252 e. The second kappa shape index (κ2) is 11.1. The standard InChI is InChI=1S/C29H31N3O2S/c33-28(32-19-16-23-12-4-6-14-25(23)32)21-35-27-15-7-5-13-24(27)29(34)30-20-26(31-17-8-9-18-31)22-10-2-1-3-11-22/h1-7,10-15,26H,8-9,16-21H2,(H,30,34). The average Bonchev–Trinajstić information content (AvgIpc) is 3.59. The number of nitrogens with zero attached hydrogens (tertiary/aromatic N) is 2. The molecule has 0 aliphatic carbocycles. The van der Waals surface area contributed by atoms with Gasteiger partial charge in [0.2, 0.25) is 5.91 Å². The van der Waals surface area contributed by atoms with Crippen molar-refractivity contribution in [3.63, 3.8) is 0 Å². The molecule has 2 aliphatic heterocycles. The second-order valence-corrected chi connectivity index (χ2v) is 10.1. The number of amides is 2. The number of benzene rings is 3. The Balaban J connectivity index is 1.24. The lowest BCUT2D eigenvalue weighted by Gasteiger charge is -2.28. The first kappa shape index (κ1) is 23.6. The van der Waals surface area contributed by atoms with Crippen molar-refractivity contribution >= 4 is 29.3 Å². The van der Waals surface area contributed by atoms with E-state index in [1.807, 2.05) is 53.4 Å². The number of hydrogen-bond acceptors (Lipinski definition) is 4. The first-order chi connectivity index (χ1) is 17.2. The fourth-order valence-electron chi connectivity index (χ4n) is 5.07. The fourth-order valence-corrected chi connectivity index (χ4v) is 5.99. The van der Waals surface area contributed by atoms with Gasteiger partial charge in [0, 0.05) is 23.7 Å². The molecule has 0 saturated carbocycles. The fraction of sp³-hybridized carbons (Fsp3) is 0.310. The normalized spacial score (nSPS) is 16.2. The highest BCUT2D eigenvalue weighted by molar-refractivity contribution is 8.00. The van der Waals surface area contributed by atoms with Crippen molar-refractivity contribution in [3.05, 3.63) is 95.6 Å². The molecule has 1 N–H and O–H groups in total. The first-order valence-corrected chi connectivity index (χ1v) is 13.4. The summed E-state index contributed by atoms with van der Waals surface area (Å²) in [6.45, 7) is 3.40. The topological polar surface area (TPSA) is 52.7 Å². The zero-order valence-electron chi connectivity index (χ0n) is 19.9. The molecule has 0 spiro atoms. The van der Waals surface area contributed by atoms with E-state index in [1.165, 1.54) is 35.7 Å². The van der Waals surface area contributed by atoms with Gasteiger partial charge in [0.1, 0.15) is 0 Å². The molecule has 0 bridgehead atoms. The number of rotatable bonds is 8. The van der Waals surface area contributed by atoms with E-state index in [9.17, 15) is 9.59 Å². The summed E-state index contributed by atoms with van der Waals surface area (Å²) < 4.78 is 0. The molecule has 6 heteroatoms. The van der Waals surface area contributed by atoms with Crippen molar-refractivity contribution in [1.82, 2.24) is 10.2 Å². The predicted octanol–water partition coefficient (Wildman–Crippen LogP) is 4.93. The van der Waals surface area contributed by atoms with Crippen LogP contribution >= 0.6 is 11.8 Å². The minimum absolute atomic E-state index is 0.0772. The molecule has 1 fully saturated rings. The predicted molar refractivity (Wildman–Crippen MR) is 142 cm³/mol. The Bertz CT molecular complexity index is 1180. The van der Waals surface area contributed by atoms with Crippen molar-refractivity contribution in [2.45, 2.75) is 30.2 Å². The lowest BCUT2D eigenvalue weighted by Crippen LogP contribution is -2.37. The summed E-state index contributed by atoms with van der Waals surface area (Å²) >= 11 is 1.44. The van der Waals surface area contributed by atoms with Gasteiger partial charge in [0.25, 0.3) is 5.91 Å². The molecule has 1 saturated heterocycles. The van der Waals surface area contributed by atoms with E-state index in [-0.39, 0.29) is 17.9 Å². The van der Waals surface area contributed by atoms with Crippen molar-refractivity contribution < 1.29 is 9.59 Å². The zero-order valence-corrected chi connectivity index (χ0v) is 20.7. The van der Waals surface area contributed by atoms with E-state index >= 15 is 0 Å². The van der Waals surface area contributed by atoms with Crippen LogP contribution < -0.4 is 10.2 Å². The SMILES string of the molecule is O=C(NCC(c1ccccc1)N1CCCC1)c1ccccc1SCC(=O)N1CCc2ccccc21. The van der Waals surface area contributed by atoms with Gasteiger partial charge in [-0.05, 0) is 61.7 Å². The summed E-state index contributed by atoms with van der Waals surface area (Å²) in [5.41, 5.74) is 4.09. The summed E-state index contributed by atoms with van der Waals surface area (Å²) in [6.07, 6.45) is 3.30. The van der Waals surface area contributed by atoms with E-state index in [0.29, 0.717) is 17.9 Å². The largest absolute Gasteiger partial charge is 0.350 e. The van der Waals surface area contributed by atoms with Gasteiger partial charge in [0.05, 0.1) is 17.4 Å². The van der Waals surface area contributed by atoms with Crippen LogP contribution in [0.4, 0.5) is 5.69 Å². The minimum atomic E-state index is -0.0906. The van der Waals surface area contributed by atoms with Crippen LogP contribution in [-0.4, -0.2) is 48.6 Å². The summed E-state index contributed by atoms with van der Waals surface area (Å²) in [5.74, 6) is 0.291. The van der Waals surface area contributed by atoms with Gasteiger partial charge >= 0.3 is 0 Å². The molecule has 0 radical (unpaired) electrons. The molecule has 5 nitrogen and oxygen atoms in total. The number of likely N-dealkylation sites (tertiary alicyclic amines) is 1. The molecular formula is C29H31N3O2S. The van der Waals surface area contributed by atoms with Crippen LogP contribution in [0, 0.1) is 0 Å². The molecule has 1 atom stereocenters. The molecule has 180 valence electrons. The third-order valence-electron chi connectivity index (χ3n) is 6.89. The third kappa shape index (κ3) is 5.44.